The van der Waals surface area contributed by atoms with E-state index < -0.39 is 5.97 Å². The van der Waals surface area contributed by atoms with E-state index in [1.54, 1.807) is 36.4 Å². The van der Waals surface area contributed by atoms with Gasteiger partial charge < -0.3 is 21.1 Å². The number of aromatic nitrogens is 2. The third-order valence-corrected chi connectivity index (χ3v) is 6.36. The molecule has 0 amide bonds. The number of anilines is 3. The van der Waals surface area contributed by atoms with Gasteiger partial charge in [-0.05, 0) is 66.1 Å². The fourth-order valence-electron chi connectivity index (χ4n) is 3.40. The largest absolute Gasteiger partial charge is 0.420 e. The predicted molar refractivity (Wildman–Crippen MR) is 145 cm³/mol. The molecule has 0 bridgehead atoms. The maximum absolute atomic E-state index is 12.8. The topological polar surface area (TPSA) is 102 Å². The molecule has 2 heterocycles. The molecule has 4 N–H and O–H groups in total. The van der Waals surface area contributed by atoms with Gasteiger partial charge >= 0.3 is 5.97 Å². The lowest BCUT2D eigenvalue weighted by Crippen LogP contribution is -2.21. The van der Waals surface area contributed by atoms with E-state index in [2.05, 4.69) is 20.8 Å². The zero-order chi connectivity index (χ0) is 24.2. The molecule has 2 aromatic heterocycles. The second-order valence-electron chi connectivity index (χ2n) is 7.54. The van der Waals surface area contributed by atoms with Crippen LogP contribution in [0.3, 0.4) is 0 Å². The van der Waals surface area contributed by atoms with Crippen molar-refractivity contribution in [2.45, 2.75) is 0 Å². The second kappa shape index (κ2) is 9.88. The summed E-state index contributed by atoms with van der Waals surface area (Å²) in [5.74, 6) is 0.380. The predicted octanol–water partition coefficient (Wildman–Crippen LogP) is 5.97. The molecule has 0 saturated heterocycles. The average molecular weight is 498 g/mol. The van der Waals surface area contributed by atoms with Crippen LogP contribution in [0.4, 0.5) is 17.2 Å². The SMILES string of the molecule is Nc1ccc2sc(C(=O)Oc3ccccc3NC(=S)Nc3ccc(-c4ccccc4)nn3)cc2c1. The fraction of sp³-hybridized carbons (Fsp3) is 0. The molecule has 0 fully saturated rings. The molecular weight excluding hydrogens is 478 g/mol. The third kappa shape index (κ3) is 5.26. The van der Waals surface area contributed by atoms with Crippen LogP contribution in [0.1, 0.15) is 9.67 Å². The van der Waals surface area contributed by atoms with Crippen LogP contribution in [-0.4, -0.2) is 21.3 Å². The number of ether oxygens (including phenoxy) is 1. The molecule has 3 aromatic carbocycles. The molecule has 9 heteroatoms. The van der Waals surface area contributed by atoms with Crippen molar-refractivity contribution in [3.05, 3.63) is 95.9 Å². The third-order valence-electron chi connectivity index (χ3n) is 5.06. The molecule has 35 heavy (non-hydrogen) atoms. The summed E-state index contributed by atoms with van der Waals surface area (Å²) in [4.78, 5) is 13.3. The first-order chi connectivity index (χ1) is 17.0. The normalized spacial score (nSPS) is 10.6. The molecule has 0 aliphatic carbocycles. The summed E-state index contributed by atoms with van der Waals surface area (Å²) in [6, 6.07) is 27.8. The number of hydrogen-bond donors (Lipinski definition) is 3. The number of carbonyl (C=O) groups is 1. The number of rotatable bonds is 5. The average Bonchev–Trinajstić information content (AvgIpc) is 3.30. The van der Waals surface area contributed by atoms with Crippen LogP contribution < -0.4 is 21.1 Å². The van der Waals surface area contributed by atoms with Crippen LogP contribution >= 0.6 is 23.6 Å². The van der Waals surface area contributed by atoms with Crippen molar-refractivity contribution in [1.82, 2.24) is 10.2 Å². The summed E-state index contributed by atoms with van der Waals surface area (Å²) in [6.07, 6.45) is 0. The van der Waals surface area contributed by atoms with E-state index in [1.807, 2.05) is 54.6 Å². The maximum atomic E-state index is 12.8. The van der Waals surface area contributed by atoms with Crippen molar-refractivity contribution in [3.63, 3.8) is 0 Å². The number of carbonyl (C=O) groups excluding carboxylic acids is 1. The Kier molecular flexibility index (Phi) is 6.34. The first kappa shape index (κ1) is 22.5. The summed E-state index contributed by atoms with van der Waals surface area (Å²) in [7, 11) is 0. The minimum atomic E-state index is -0.458. The lowest BCUT2D eigenvalue weighted by atomic mass is 10.1. The van der Waals surface area contributed by atoms with E-state index in [1.165, 1.54) is 11.3 Å². The molecule has 7 nitrogen and oxygen atoms in total. The number of thiophene rings is 1. The highest BCUT2D eigenvalue weighted by atomic mass is 32.1. The van der Waals surface area contributed by atoms with Crippen molar-refractivity contribution in [3.8, 4) is 17.0 Å². The number of benzene rings is 3. The van der Waals surface area contributed by atoms with Crippen molar-refractivity contribution < 1.29 is 9.53 Å². The summed E-state index contributed by atoms with van der Waals surface area (Å²) >= 11 is 6.78. The second-order valence-corrected chi connectivity index (χ2v) is 9.03. The van der Waals surface area contributed by atoms with E-state index in [-0.39, 0.29) is 5.11 Å². The van der Waals surface area contributed by atoms with Gasteiger partial charge in [0.25, 0.3) is 0 Å². The van der Waals surface area contributed by atoms with Crippen LogP contribution in [0, 0.1) is 0 Å². The van der Waals surface area contributed by atoms with Gasteiger partial charge in [0, 0.05) is 16.0 Å². The first-order valence-electron chi connectivity index (χ1n) is 10.6. The summed E-state index contributed by atoms with van der Waals surface area (Å²) in [5, 5.41) is 15.7. The van der Waals surface area contributed by atoms with Gasteiger partial charge in [0.15, 0.2) is 16.7 Å². The fourth-order valence-corrected chi connectivity index (χ4v) is 4.54. The maximum Gasteiger partial charge on any atom is 0.353 e. The van der Waals surface area contributed by atoms with Gasteiger partial charge in [-0.2, -0.15) is 0 Å². The monoisotopic (exact) mass is 497 g/mol. The molecule has 0 atom stereocenters. The van der Waals surface area contributed by atoms with Crippen molar-refractivity contribution >= 4 is 61.9 Å². The van der Waals surface area contributed by atoms with Gasteiger partial charge in [-0.15, -0.1) is 21.5 Å². The van der Waals surface area contributed by atoms with Crippen LogP contribution in [0.25, 0.3) is 21.3 Å². The first-order valence-corrected chi connectivity index (χ1v) is 11.8. The molecular formula is C26H19N5O2S2. The Morgan fingerprint density at radius 1 is 0.886 bits per heavy atom. The van der Waals surface area contributed by atoms with E-state index in [4.69, 9.17) is 22.7 Å². The number of nitrogens with zero attached hydrogens (tertiary/aromatic N) is 2. The van der Waals surface area contributed by atoms with Crippen LogP contribution in [0.5, 0.6) is 5.75 Å². The minimum Gasteiger partial charge on any atom is -0.420 e. The minimum absolute atomic E-state index is 0.285. The molecule has 5 aromatic rings. The quantitative estimate of drug-likeness (QED) is 0.118. The standard InChI is InChI=1S/C26H19N5O2S2/c27-18-10-12-22-17(14-18)15-23(35-22)25(32)33-21-9-5-4-8-20(21)28-26(34)29-24-13-11-19(30-31-24)16-6-2-1-3-7-16/h1-15H,27H2,(H2,28,29,31,34). The van der Waals surface area contributed by atoms with Crippen molar-refractivity contribution in [2.75, 3.05) is 16.4 Å². The lowest BCUT2D eigenvalue weighted by molar-refractivity contribution is 0.0741. The Morgan fingerprint density at radius 3 is 2.49 bits per heavy atom. The highest BCUT2D eigenvalue weighted by molar-refractivity contribution is 7.80. The van der Waals surface area contributed by atoms with Gasteiger partial charge in [-0.1, -0.05) is 42.5 Å². The Labute approximate surface area is 210 Å². The van der Waals surface area contributed by atoms with E-state index in [0.717, 1.165) is 21.3 Å². The zero-order valence-electron chi connectivity index (χ0n) is 18.3. The highest BCUT2D eigenvalue weighted by Crippen LogP contribution is 2.30. The van der Waals surface area contributed by atoms with Gasteiger partial charge in [0.05, 0.1) is 11.4 Å². The zero-order valence-corrected chi connectivity index (χ0v) is 19.9. The Morgan fingerprint density at radius 2 is 1.69 bits per heavy atom. The number of nitrogens with two attached hydrogens (primary N) is 1. The molecule has 0 radical (unpaired) electrons. The smallest absolute Gasteiger partial charge is 0.353 e. The molecule has 5 rings (SSSR count). The molecule has 172 valence electrons. The van der Waals surface area contributed by atoms with Gasteiger partial charge in [-0.25, -0.2) is 4.79 Å². The van der Waals surface area contributed by atoms with Crippen LogP contribution in [0.15, 0.2) is 91.0 Å². The molecule has 0 aliphatic rings. The number of para-hydroxylation sites is 2. The number of hydrogen-bond acceptors (Lipinski definition) is 7. The highest BCUT2D eigenvalue weighted by Gasteiger charge is 2.15. The number of thiocarbonyl (C=S) groups is 1. The van der Waals surface area contributed by atoms with E-state index in [0.29, 0.717) is 27.8 Å². The van der Waals surface area contributed by atoms with E-state index >= 15 is 0 Å². The Bertz CT molecular complexity index is 1520. The Hall–Kier alpha value is -4.34. The van der Waals surface area contributed by atoms with Gasteiger partial charge in [0.2, 0.25) is 0 Å². The van der Waals surface area contributed by atoms with E-state index in [9.17, 15) is 4.79 Å². The van der Waals surface area contributed by atoms with Crippen molar-refractivity contribution in [2.24, 2.45) is 0 Å². The molecule has 0 aliphatic heterocycles. The van der Waals surface area contributed by atoms with Gasteiger partial charge in [0.1, 0.15) is 4.88 Å². The van der Waals surface area contributed by atoms with Crippen LogP contribution in [0.2, 0.25) is 0 Å². The van der Waals surface area contributed by atoms with Crippen molar-refractivity contribution in [1.29, 1.82) is 0 Å². The lowest BCUT2D eigenvalue weighted by Gasteiger charge is -2.13. The summed E-state index contributed by atoms with van der Waals surface area (Å²) in [5.41, 5.74) is 8.76. The summed E-state index contributed by atoms with van der Waals surface area (Å²) < 4.78 is 6.63. The molecule has 0 saturated carbocycles. The molecule has 0 unspecified atom stereocenters. The van der Waals surface area contributed by atoms with Crippen LogP contribution in [-0.2, 0) is 0 Å². The number of nitrogen functional groups attached to an aromatic ring is 1. The van der Waals surface area contributed by atoms with Gasteiger partial charge in [-0.3, -0.25) is 0 Å². The summed E-state index contributed by atoms with van der Waals surface area (Å²) in [6.45, 7) is 0. The molecule has 0 spiro atoms. The Balaban J connectivity index is 1.26. The number of nitrogens with one attached hydrogen (secondary N) is 2. The number of esters is 1. The number of fused-ring (bicyclic) bond motifs is 1.